The summed E-state index contributed by atoms with van der Waals surface area (Å²) in [6, 6.07) is 1.34. The topological polar surface area (TPSA) is 109 Å². The molecular formula is C20H28ClN5O4. The van der Waals surface area contributed by atoms with Gasteiger partial charge in [-0.15, -0.1) is 0 Å². The number of anilines is 1. The minimum absolute atomic E-state index is 0.114. The molecule has 2 aromatic heterocycles. The van der Waals surface area contributed by atoms with Gasteiger partial charge in [0.25, 0.3) is 5.91 Å². The zero-order chi connectivity index (χ0) is 22.3. The summed E-state index contributed by atoms with van der Waals surface area (Å²) in [6.45, 7) is 7.09. The Morgan fingerprint density at radius 1 is 1.43 bits per heavy atom. The largest absolute Gasteiger partial charge is 0.443 e. The molecule has 164 valence electrons. The predicted octanol–water partition coefficient (Wildman–Crippen LogP) is 3.18. The average Bonchev–Trinajstić information content (AvgIpc) is 3.01. The number of ether oxygens (including phenoxy) is 1. The molecule has 0 aromatic carbocycles. The second-order valence-corrected chi connectivity index (χ2v) is 9.42. The fraction of sp³-hybridized carbons (Fsp3) is 0.600. The third kappa shape index (κ3) is 5.02. The molecule has 2 amide bonds. The van der Waals surface area contributed by atoms with E-state index in [2.05, 4.69) is 15.4 Å². The van der Waals surface area contributed by atoms with Crippen LogP contribution in [0.5, 0.6) is 0 Å². The average molecular weight is 438 g/mol. The molecule has 2 atom stereocenters. The number of nitrogens with zero attached hydrogens (tertiary/aromatic N) is 4. The van der Waals surface area contributed by atoms with Gasteiger partial charge < -0.3 is 15.2 Å². The quantitative estimate of drug-likeness (QED) is 0.714. The van der Waals surface area contributed by atoms with Crippen LogP contribution in [0.1, 0.15) is 63.7 Å². The number of aliphatic hydroxyl groups is 1. The van der Waals surface area contributed by atoms with Crippen molar-refractivity contribution >= 4 is 35.1 Å². The number of hydrogen-bond donors (Lipinski definition) is 2. The van der Waals surface area contributed by atoms with Crippen molar-refractivity contribution in [2.45, 2.75) is 70.6 Å². The molecule has 9 nitrogen and oxygen atoms in total. The van der Waals surface area contributed by atoms with Gasteiger partial charge in [-0.3, -0.25) is 9.69 Å². The molecule has 1 aliphatic carbocycles. The van der Waals surface area contributed by atoms with E-state index in [9.17, 15) is 14.7 Å². The molecule has 2 N–H and O–H groups in total. The monoisotopic (exact) mass is 437 g/mol. The Kier molecular flexibility index (Phi) is 5.97. The second-order valence-electron chi connectivity index (χ2n) is 9.03. The zero-order valence-corrected chi connectivity index (χ0v) is 18.7. The van der Waals surface area contributed by atoms with Crippen LogP contribution < -0.4 is 10.2 Å². The van der Waals surface area contributed by atoms with Crippen molar-refractivity contribution in [2.24, 2.45) is 0 Å². The molecule has 1 saturated carbocycles. The molecule has 0 unspecified atom stereocenters. The van der Waals surface area contributed by atoms with Gasteiger partial charge in [0.15, 0.2) is 5.65 Å². The van der Waals surface area contributed by atoms with E-state index in [1.165, 1.54) is 28.7 Å². The number of carbonyl (C=O) groups is 2. The summed E-state index contributed by atoms with van der Waals surface area (Å²) in [7, 11) is 1.53. The number of rotatable bonds is 3. The van der Waals surface area contributed by atoms with E-state index < -0.39 is 17.3 Å². The maximum Gasteiger partial charge on any atom is 0.415 e. The summed E-state index contributed by atoms with van der Waals surface area (Å²) in [5.74, 6) is -0.0350. The summed E-state index contributed by atoms with van der Waals surface area (Å²) in [5.41, 5.74) is -0.991. The van der Waals surface area contributed by atoms with Crippen LogP contribution in [0.15, 0.2) is 12.3 Å². The highest BCUT2D eigenvalue weighted by Crippen LogP contribution is 2.28. The number of halogens is 1. The van der Waals surface area contributed by atoms with E-state index in [0.29, 0.717) is 18.7 Å². The summed E-state index contributed by atoms with van der Waals surface area (Å²) in [5, 5.41) is 17.6. The van der Waals surface area contributed by atoms with Crippen LogP contribution in [0.2, 0.25) is 5.15 Å². The van der Waals surface area contributed by atoms with Crippen LogP contribution in [0, 0.1) is 0 Å². The molecule has 0 radical (unpaired) electrons. The minimum atomic E-state index is -0.790. The highest BCUT2D eigenvalue weighted by atomic mass is 35.5. The number of fused-ring (bicyclic) bond motifs is 1. The van der Waals surface area contributed by atoms with E-state index in [4.69, 9.17) is 16.3 Å². The standard InChI is InChI=1S/C20H28ClN5O4/c1-19(2,3)30-18(28)25(5)15-9-14(21)24-16-13(11-22-26(15)16)17(27)23-12-7-6-8-20(4,29)10-12/h9,11-12,29H,6-8,10H2,1-5H3,(H,23,27)/t12-,20-/m1/s1. The van der Waals surface area contributed by atoms with Crippen LogP contribution in [0.25, 0.3) is 5.65 Å². The Morgan fingerprint density at radius 3 is 2.77 bits per heavy atom. The van der Waals surface area contributed by atoms with Gasteiger partial charge >= 0.3 is 6.09 Å². The number of nitrogens with one attached hydrogen (secondary N) is 1. The van der Waals surface area contributed by atoms with Crippen molar-refractivity contribution in [3.63, 3.8) is 0 Å². The van der Waals surface area contributed by atoms with Gasteiger partial charge in [-0.05, 0) is 53.4 Å². The third-order valence-electron chi connectivity index (χ3n) is 4.97. The van der Waals surface area contributed by atoms with Crippen molar-refractivity contribution in [3.05, 3.63) is 23.0 Å². The number of carbonyl (C=O) groups excluding carboxylic acids is 2. The van der Waals surface area contributed by atoms with Gasteiger partial charge in [-0.25, -0.2) is 9.78 Å². The van der Waals surface area contributed by atoms with Gasteiger partial charge in [0.05, 0.1) is 11.8 Å². The fourth-order valence-electron chi connectivity index (χ4n) is 3.59. The maximum atomic E-state index is 12.9. The number of hydrogen-bond acceptors (Lipinski definition) is 6. The first-order valence-corrected chi connectivity index (χ1v) is 10.3. The van der Waals surface area contributed by atoms with Crippen molar-refractivity contribution in [3.8, 4) is 0 Å². The molecule has 1 fully saturated rings. The Bertz CT molecular complexity index is 966. The first-order valence-electron chi connectivity index (χ1n) is 9.90. The molecule has 0 aliphatic heterocycles. The Balaban J connectivity index is 1.88. The van der Waals surface area contributed by atoms with Gasteiger partial charge in [0.2, 0.25) is 0 Å². The molecule has 3 rings (SSSR count). The SMILES string of the molecule is CN(C(=O)OC(C)(C)C)c1cc(Cl)nc2c(C(=O)N[C@@H]3CCC[C@@](C)(O)C3)cnn12. The van der Waals surface area contributed by atoms with E-state index in [1.807, 2.05) is 0 Å². The lowest BCUT2D eigenvalue weighted by Gasteiger charge is -2.34. The van der Waals surface area contributed by atoms with E-state index in [0.717, 1.165) is 12.8 Å². The lowest BCUT2D eigenvalue weighted by Crippen LogP contribution is -2.44. The molecule has 0 bridgehead atoms. The smallest absolute Gasteiger partial charge is 0.415 e. The predicted molar refractivity (Wildman–Crippen MR) is 113 cm³/mol. The first kappa shape index (κ1) is 22.3. The molecule has 1 aliphatic rings. The van der Waals surface area contributed by atoms with Crippen molar-refractivity contribution < 1.29 is 19.4 Å². The zero-order valence-electron chi connectivity index (χ0n) is 17.9. The lowest BCUT2D eigenvalue weighted by molar-refractivity contribution is 0.0106. The van der Waals surface area contributed by atoms with Crippen LogP contribution >= 0.6 is 11.6 Å². The van der Waals surface area contributed by atoms with E-state index in [-0.39, 0.29) is 28.3 Å². The van der Waals surface area contributed by atoms with Gasteiger partial charge in [0.1, 0.15) is 22.1 Å². The highest BCUT2D eigenvalue weighted by molar-refractivity contribution is 6.30. The maximum absolute atomic E-state index is 12.9. The van der Waals surface area contributed by atoms with Crippen molar-refractivity contribution in [2.75, 3.05) is 11.9 Å². The van der Waals surface area contributed by atoms with E-state index >= 15 is 0 Å². The number of aromatic nitrogens is 3. The third-order valence-corrected chi connectivity index (χ3v) is 5.16. The Labute approximate surface area is 180 Å². The fourth-order valence-corrected chi connectivity index (χ4v) is 3.77. The lowest BCUT2D eigenvalue weighted by atomic mass is 9.83. The van der Waals surface area contributed by atoms with Crippen molar-refractivity contribution in [1.82, 2.24) is 19.9 Å². The van der Waals surface area contributed by atoms with Crippen LogP contribution in [0.3, 0.4) is 0 Å². The summed E-state index contributed by atoms with van der Waals surface area (Å²) in [6.07, 6.45) is 3.63. The van der Waals surface area contributed by atoms with Crippen LogP contribution in [-0.2, 0) is 4.74 Å². The van der Waals surface area contributed by atoms with E-state index in [1.54, 1.807) is 27.7 Å². The van der Waals surface area contributed by atoms with Crippen LogP contribution in [-0.4, -0.2) is 56.0 Å². The molecule has 2 aromatic rings. The molecule has 10 heteroatoms. The number of amides is 2. The molecular weight excluding hydrogens is 410 g/mol. The molecule has 2 heterocycles. The molecule has 30 heavy (non-hydrogen) atoms. The van der Waals surface area contributed by atoms with Gasteiger partial charge in [-0.2, -0.15) is 9.61 Å². The minimum Gasteiger partial charge on any atom is -0.443 e. The summed E-state index contributed by atoms with van der Waals surface area (Å²) < 4.78 is 6.77. The molecule has 0 spiro atoms. The van der Waals surface area contributed by atoms with Crippen molar-refractivity contribution in [1.29, 1.82) is 0 Å². The second kappa shape index (κ2) is 8.03. The summed E-state index contributed by atoms with van der Waals surface area (Å²) in [4.78, 5) is 30.8. The highest BCUT2D eigenvalue weighted by Gasteiger charge is 2.31. The molecule has 0 saturated heterocycles. The summed E-state index contributed by atoms with van der Waals surface area (Å²) >= 11 is 6.17. The normalized spacial score (nSPS) is 22.0. The Morgan fingerprint density at radius 2 is 2.13 bits per heavy atom. The first-order chi connectivity index (χ1) is 13.9. The van der Waals surface area contributed by atoms with Crippen LogP contribution in [0.4, 0.5) is 10.6 Å². The van der Waals surface area contributed by atoms with Gasteiger partial charge in [0, 0.05) is 19.2 Å². The van der Waals surface area contributed by atoms with Gasteiger partial charge in [-0.1, -0.05) is 11.6 Å². The Hall–Kier alpha value is -2.39.